The number of anilines is 1. The van der Waals surface area contributed by atoms with E-state index in [0.717, 1.165) is 5.82 Å². The van der Waals surface area contributed by atoms with E-state index in [-0.39, 0.29) is 4.90 Å². The summed E-state index contributed by atoms with van der Waals surface area (Å²) in [5.74, 6) is 1.37. The molecule has 2 aromatic carbocycles. The molecule has 0 atom stereocenters. The maximum Gasteiger partial charge on any atom is 0.242 e. The molecule has 0 fully saturated rings. The van der Waals surface area contributed by atoms with Gasteiger partial charge in [-0.25, -0.2) is 13.4 Å². The van der Waals surface area contributed by atoms with Gasteiger partial charge < -0.3 is 10.1 Å². The number of aromatic nitrogens is 2. The van der Waals surface area contributed by atoms with Gasteiger partial charge in [0.2, 0.25) is 15.2 Å². The largest absolute Gasteiger partial charge is 0.497 e. The zero-order valence-electron chi connectivity index (χ0n) is 16.6. The molecule has 3 rings (SSSR count). The van der Waals surface area contributed by atoms with E-state index < -0.39 is 10.0 Å². The highest BCUT2D eigenvalue weighted by atomic mass is 32.2. The molecule has 29 heavy (non-hydrogen) atoms. The molecule has 1 aromatic heterocycles. The molecule has 0 unspecified atom stereocenters. The van der Waals surface area contributed by atoms with E-state index in [1.807, 2.05) is 6.07 Å². The quantitative estimate of drug-likeness (QED) is 0.559. The molecule has 0 radical (unpaired) electrons. The van der Waals surface area contributed by atoms with Crippen molar-refractivity contribution in [1.82, 2.24) is 13.7 Å². The average molecular weight is 433 g/mol. The first kappa shape index (κ1) is 21.2. The van der Waals surface area contributed by atoms with Gasteiger partial charge in [0.1, 0.15) is 11.6 Å². The van der Waals surface area contributed by atoms with Crippen LogP contribution in [0.3, 0.4) is 0 Å². The molecule has 0 spiro atoms. The molecule has 1 heterocycles. The van der Waals surface area contributed by atoms with Gasteiger partial charge in [0, 0.05) is 38.1 Å². The third kappa shape index (κ3) is 5.53. The molecule has 9 heteroatoms. The van der Waals surface area contributed by atoms with Crippen molar-refractivity contribution in [3.8, 4) is 5.75 Å². The van der Waals surface area contributed by atoms with E-state index in [1.165, 1.54) is 27.0 Å². The van der Waals surface area contributed by atoms with Crippen LogP contribution in [-0.4, -0.2) is 49.3 Å². The highest BCUT2D eigenvalue weighted by molar-refractivity contribution is 7.89. The highest BCUT2D eigenvalue weighted by Gasteiger charge is 2.20. The van der Waals surface area contributed by atoms with Gasteiger partial charge >= 0.3 is 0 Å². The first-order chi connectivity index (χ1) is 13.9. The number of hydrogen-bond donors (Lipinski definition) is 1. The number of likely N-dealkylation sites (N-methyl/N-ethyl adjacent to an activating group) is 1. The van der Waals surface area contributed by atoms with Crippen LogP contribution in [0.1, 0.15) is 17.0 Å². The van der Waals surface area contributed by atoms with Crippen molar-refractivity contribution in [2.75, 3.05) is 32.6 Å². The summed E-state index contributed by atoms with van der Waals surface area (Å²) in [6.07, 6.45) is 0.672. The lowest BCUT2D eigenvalue weighted by Gasteiger charge is -2.17. The van der Waals surface area contributed by atoms with Crippen LogP contribution in [0.5, 0.6) is 5.75 Å². The second-order valence-corrected chi connectivity index (χ2v) is 9.41. The Labute approximate surface area is 175 Å². The van der Waals surface area contributed by atoms with Gasteiger partial charge in [0.25, 0.3) is 0 Å². The average Bonchev–Trinajstić information content (AvgIpc) is 3.15. The van der Waals surface area contributed by atoms with Gasteiger partial charge in [-0.2, -0.15) is 8.68 Å². The minimum atomic E-state index is -3.55. The lowest BCUT2D eigenvalue weighted by atomic mass is 10.1. The molecule has 3 aromatic rings. The Balaban J connectivity index is 1.53. The summed E-state index contributed by atoms with van der Waals surface area (Å²) < 4.78 is 36.0. The van der Waals surface area contributed by atoms with Crippen molar-refractivity contribution in [3.05, 3.63) is 65.5 Å². The molecule has 0 saturated heterocycles. The number of ether oxygens (including phenoxy) is 1. The second-order valence-electron chi connectivity index (χ2n) is 6.61. The fourth-order valence-corrected chi connectivity index (χ4v) is 4.55. The van der Waals surface area contributed by atoms with E-state index in [4.69, 9.17) is 4.74 Å². The number of methoxy groups -OCH3 is 1. The van der Waals surface area contributed by atoms with E-state index in [0.29, 0.717) is 30.4 Å². The Morgan fingerprint density at radius 1 is 1.17 bits per heavy atom. The molecule has 0 amide bonds. The topological polar surface area (TPSA) is 84.4 Å². The number of nitrogens with one attached hydrogen (secondary N) is 1. The summed E-state index contributed by atoms with van der Waals surface area (Å²) in [6, 6.07) is 14.6. The van der Waals surface area contributed by atoms with Crippen molar-refractivity contribution in [3.63, 3.8) is 0 Å². The number of benzene rings is 2. The number of hydrogen-bond acceptors (Lipinski definition) is 7. The van der Waals surface area contributed by atoms with Crippen LogP contribution in [0, 0.1) is 6.92 Å². The Morgan fingerprint density at radius 3 is 2.62 bits per heavy atom. The zero-order chi connectivity index (χ0) is 20.9. The number of rotatable bonds is 9. The second kappa shape index (κ2) is 9.34. The molecular formula is C20H24N4O3S2. The summed E-state index contributed by atoms with van der Waals surface area (Å²) in [7, 11) is -0.450. The maximum absolute atomic E-state index is 12.6. The van der Waals surface area contributed by atoms with Crippen LogP contribution in [-0.2, 0) is 16.4 Å². The van der Waals surface area contributed by atoms with Crippen molar-refractivity contribution in [1.29, 1.82) is 0 Å². The van der Waals surface area contributed by atoms with Crippen molar-refractivity contribution in [2.45, 2.75) is 18.2 Å². The summed E-state index contributed by atoms with van der Waals surface area (Å²) in [6.45, 7) is 2.80. The molecule has 0 aliphatic heterocycles. The monoisotopic (exact) mass is 432 g/mol. The van der Waals surface area contributed by atoms with Gasteiger partial charge in [0.15, 0.2) is 0 Å². The maximum atomic E-state index is 12.6. The number of aryl methyl sites for hydroxylation is 1. The van der Waals surface area contributed by atoms with Gasteiger partial charge in [-0.3, -0.25) is 0 Å². The van der Waals surface area contributed by atoms with E-state index in [1.54, 1.807) is 38.4 Å². The van der Waals surface area contributed by atoms with E-state index in [9.17, 15) is 8.42 Å². The predicted molar refractivity (Wildman–Crippen MR) is 115 cm³/mol. The molecule has 7 nitrogen and oxygen atoms in total. The third-order valence-corrected chi connectivity index (χ3v) is 6.97. The third-order valence-electron chi connectivity index (χ3n) is 4.38. The van der Waals surface area contributed by atoms with Gasteiger partial charge in [-0.1, -0.05) is 29.8 Å². The summed E-state index contributed by atoms with van der Waals surface area (Å²) >= 11 is 1.28. The predicted octanol–water partition coefficient (Wildman–Crippen LogP) is 3.18. The normalized spacial score (nSPS) is 11.6. The fourth-order valence-electron chi connectivity index (χ4n) is 2.77. The van der Waals surface area contributed by atoms with Crippen molar-refractivity contribution >= 4 is 26.7 Å². The lowest BCUT2D eigenvalue weighted by Crippen LogP contribution is -2.31. The molecule has 0 aliphatic rings. The number of sulfonamides is 1. The van der Waals surface area contributed by atoms with Gasteiger partial charge in [-0.05, 0) is 36.8 Å². The van der Waals surface area contributed by atoms with Crippen molar-refractivity contribution in [2.24, 2.45) is 0 Å². The zero-order valence-corrected chi connectivity index (χ0v) is 18.3. The SMILES string of the molecule is COc1ccc(S(=O)(=O)N(C)CCNc2nc(Cc3cccc(C)c3)ns2)cc1. The molecular weight excluding hydrogens is 408 g/mol. The Kier molecular flexibility index (Phi) is 6.83. The first-order valence-corrected chi connectivity index (χ1v) is 11.3. The Morgan fingerprint density at radius 2 is 1.93 bits per heavy atom. The molecule has 0 saturated carbocycles. The number of nitrogens with zero attached hydrogens (tertiary/aromatic N) is 3. The van der Waals surface area contributed by atoms with E-state index >= 15 is 0 Å². The van der Waals surface area contributed by atoms with Crippen LogP contribution >= 0.6 is 11.5 Å². The molecule has 1 N–H and O–H groups in total. The summed E-state index contributed by atoms with van der Waals surface area (Å²) in [5, 5.41) is 3.84. The Hall–Kier alpha value is -2.49. The lowest BCUT2D eigenvalue weighted by molar-refractivity contribution is 0.414. The minimum Gasteiger partial charge on any atom is -0.497 e. The first-order valence-electron chi connectivity index (χ1n) is 9.11. The highest BCUT2D eigenvalue weighted by Crippen LogP contribution is 2.19. The van der Waals surface area contributed by atoms with Crippen LogP contribution < -0.4 is 10.1 Å². The van der Waals surface area contributed by atoms with Crippen molar-refractivity contribution < 1.29 is 13.2 Å². The van der Waals surface area contributed by atoms with Crippen LogP contribution in [0.2, 0.25) is 0 Å². The summed E-state index contributed by atoms with van der Waals surface area (Å²) in [4.78, 5) is 4.72. The van der Waals surface area contributed by atoms with E-state index in [2.05, 4.69) is 39.8 Å². The van der Waals surface area contributed by atoms with Crippen LogP contribution in [0.15, 0.2) is 53.4 Å². The molecule has 0 aliphatic carbocycles. The van der Waals surface area contributed by atoms with Crippen LogP contribution in [0.25, 0.3) is 0 Å². The smallest absolute Gasteiger partial charge is 0.242 e. The fraction of sp³-hybridized carbons (Fsp3) is 0.300. The molecule has 154 valence electrons. The minimum absolute atomic E-state index is 0.233. The molecule has 0 bridgehead atoms. The standard InChI is InChI=1S/C20H24N4O3S2/c1-15-5-4-6-16(13-15)14-19-22-20(28-23-19)21-11-12-24(2)29(25,26)18-9-7-17(27-3)8-10-18/h4-10,13H,11-12,14H2,1-3H3,(H,21,22,23). The summed E-state index contributed by atoms with van der Waals surface area (Å²) in [5.41, 5.74) is 2.37. The Bertz CT molecular complexity index is 1050. The van der Waals surface area contributed by atoms with Crippen LogP contribution in [0.4, 0.5) is 5.13 Å². The van der Waals surface area contributed by atoms with Gasteiger partial charge in [-0.15, -0.1) is 0 Å². The van der Waals surface area contributed by atoms with Gasteiger partial charge in [0.05, 0.1) is 12.0 Å².